The molecule has 0 spiro atoms. The van der Waals surface area contributed by atoms with Gasteiger partial charge in [0.2, 0.25) is 9.84 Å². The Morgan fingerprint density at radius 3 is 2.31 bits per heavy atom. The van der Waals surface area contributed by atoms with Gasteiger partial charge in [0.1, 0.15) is 6.54 Å². The number of sulfone groups is 1. The normalized spacial score (nSPS) is 11.8. The summed E-state index contributed by atoms with van der Waals surface area (Å²) in [5, 5.41) is 24.9. The number of aliphatic hydroxyl groups excluding tert-OH is 1. The van der Waals surface area contributed by atoms with Crippen molar-refractivity contribution in [1.29, 1.82) is 0 Å². The number of halogens is 2. The lowest BCUT2D eigenvalue weighted by Crippen LogP contribution is -2.29. The Kier molecular flexibility index (Phi) is 10.9. The molecule has 8 nitrogen and oxygen atoms in total. The topological polar surface area (TPSA) is 133 Å². The van der Waals surface area contributed by atoms with E-state index in [1.165, 1.54) is 36.4 Å². The third kappa shape index (κ3) is 8.04. The van der Waals surface area contributed by atoms with Gasteiger partial charge >= 0.3 is 5.97 Å². The van der Waals surface area contributed by atoms with Crippen LogP contribution in [0.25, 0.3) is 0 Å². The van der Waals surface area contributed by atoms with Crippen LogP contribution >= 0.6 is 24.0 Å². The van der Waals surface area contributed by atoms with Gasteiger partial charge < -0.3 is 20.8 Å². The largest absolute Gasteiger partial charge is 0.480 e. The predicted molar refractivity (Wildman–Crippen MR) is 139 cm³/mol. The van der Waals surface area contributed by atoms with Crippen molar-refractivity contribution in [3.8, 4) is 0 Å². The summed E-state index contributed by atoms with van der Waals surface area (Å²) in [6.07, 6.45) is -0.0647. The number of nitrogens with one attached hydrogen (secondary N) is 2. The van der Waals surface area contributed by atoms with Gasteiger partial charge in [0.15, 0.2) is 0 Å². The molecule has 192 valence electrons. The van der Waals surface area contributed by atoms with Gasteiger partial charge in [0.05, 0.1) is 15.9 Å². The van der Waals surface area contributed by atoms with E-state index in [4.69, 9.17) is 16.7 Å². The lowest BCUT2D eigenvalue weighted by molar-refractivity contribution is -0.135. The first-order chi connectivity index (χ1) is 16.7. The molecule has 3 rings (SSSR count). The molecule has 0 heterocycles. The van der Waals surface area contributed by atoms with E-state index in [2.05, 4.69) is 10.6 Å². The van der Waals surface area contributed by atoms with E-state index in [9.17, 15) is 23.1 Å². The molecular weight excluding hydrogens is 527 g/mol. The molecule has 0 aliphatic rings. The molecule has 0 radical (unpaired) electrons. The second-order valence-corrected chi connectivity index (χ2v) is 10.2. The van der Waals surface area contributed by atoms with Gasteiger partial charge in [-0.15, -0.1) is 12.4 Å². The molecule has 0 bridgehead atoms. The van der Waals surface area contributed by atoms with Gasteiger partial charge in [0, 0.05) is 17.1 Å². The van der Waals surface area contributed by atoms with Gasteiger partial charge in [-0.3, -0.25) is 9.59 Å². The number of carbonyl (C=O) groups excluding carboxylic acids is 1. The zero-order chi connectivity index (χ0) is 25.4. The molecule has 0 saturated carbocycles. The van der Waals surface area contributed by atoms with Crippen molar-refractivity contribution in [3.05, 3.63) is 94.5 Å². The molecule has 0 aromatic heterocycles. The van der Waals surface area contributed by atoms with Crippen LogP contribution in [-0.2, 0) is 21.1 Å². The smallest absolute Gasteiger partial charge is 0.322 e. The minimum Gasteiger partial charge on any atom is -0.480 e. The number of carbonyl (C=O) groups is 2. The van der Waals surface area contributed by atoms with Crippen LogP contribution in [-0.4, -0.2) is 50.1 Å². The average Bonchev–Trinajstić information content (AvgIpc) is 2.85. The van der Waals surface area contributed by atoms with E-state index in [1.54, 1.807) is 36.4 Å². The molecule has 36 heavy (non-hydrogen) atoms. The summed E-state index contributed by atoms with van der Waals surface area (Å²) < 4.78 is 26.0. The molecule has 0 aliphatic carbocycles. The second kappa shape index (κ2) is 13.4. The number of aliphatic carboxylic acids is 1. The van der Waals surface area contributed by atoms with Crippen molar-refractivity contribution in [1.82, 2.24) is 10.6 Å². The minimum atomic E-state index is -3.87. The summed E-state index contributed by atoms with van der Waals surface area (Å²) in [4.78, 5) is 22.7. The van der Waals surface area contributed by atoms with Gasteiger partial charge in [-0.05, 0) is 66.6 Å². The summed E-state index contributed by atoms with van der Waals surface area (Å²) >= 11 is 5.95. The van der Waals surface area contributed by atoms with Crippen LogP contribution in [0.5, 0.6) is 0 Å². The predicted octanol–water partition coefficient (Wildman–Crippen LogP) is 3.27. The summed E-state index contributed by atoms with van der Waals surface area (Å²) in [6, 6.07) is 18.9. The highest BCUT2D eigenvalue weighted by atomic mass is 35.5. The van der Waals surface area contributed by atoms with E-state index < -0.39 is 34.4 Å². The zero-order valence-corrected chi connectivity index (χ0v) is 21.4. The van der Waals surface area contributed by atoms with Crippen molar-refractivity contribution < 1.29 is 28.2 Å². The summed E-state index contributed by atoms with van der Waals surface area (Å²) in [6.45, 7) is 0.367. The molecule has 0 fully saturated rings. The first kappa shape index (κ1) is 29.3. The van der Waals surface area contributed by atoms with Crippen LogP contribution in [0.15, 0.2) is 82.6 Å². The second-order valence-electron chi connectivity index (χ2n) is 7.78. The molecule has 0 aliphatic heterocycles. The Bertz CT molecular complexity index is 1300. The lowest BCUT2D eigenvalue weighted by Gasteiger charge is -2.13. The molecule has 0 unspecified atom stereocenters. The lowest BCUT2D eigenvalue weighted by atomic mass is 10.1. The molecule has 3 aromatic rings. The van der Waals surface area contributed by atoms with Crippen LogP contribution in [0.1, 0.15) is 27.6 Å². The molecular formula is C25H26Cl2N2O6S. The number of rotatable bonds is 11. The SMILES string of the molecule is Cl.O=C(O)CNC(=O)c1cccc(S(=O)(=O)c2ccc(CCNC[C@@H](O)c3cccc(Cl)c3)cc2)c1. The van der Waals surface area contributed by atoms with E-state index in [0.29, 0.717) is 24.5 Å². The minimum absolute atomic E-state index is 0. The van der Waals surface area contributed by atoms with Crippen LogP contribution < -0.4 is 10.6 Å². The number of benzene rings is 3. The molecule has 3 aromatic carbocycles. The van der Waals surface area contributed by atoms with Crippen LogP contribution in [0.4, 0.5) is 0 Å². The molecule has 4 N–H and O–H groups in total. The van der Waals surface area contributed by atoms with E-state index in [1.807, 2.05) is 0 Å². The van der Waals surface area contributed by atoms with Gasteiger partial charge in [-0.1, -0.05) is 41.9 Å². The molecule has 0 saturated heterocycles. The Morgan fingerprint density at radius 1 is 0.944 bits per heavy atom. The fraction of sp³-hybridized carbons (Fsp3) is 0.200. The Balaban J connectivity index is 0.00000456. The number of aliphatic hydroxyl groups is 1. The molecule has 1 amide bonds. The Hall–Kier alpha value is -2.95. The third-order valence-corrected chi connectivity index (χ3v) is 7.20. The van der Waals surface area contributed by atoms with Crippen LogP contribution in [0.3, 0.4) is 0 Å². The van der Waals surface area contributed by atoms with Crippen LogP contribution in [0.2, 0.25) is 5.02 Å². The van der Waals surface area contributed by atoms with Crippen molar-refractivity contribution >= 4 is 45.7 Å². The maximum atomic E-state index is 13.0. The maximum absolute atomic E-state index is 13.0. The van der Waals surface area contributed by atoms with Crippen LogP contribution in [0, 0.1) is 0 Å². The number of carboxylic acid groups (broad SMARTS) is 1. The van der Waals surface area contributed by atoms with Crippen molar-refractivity contribution in [3.63, 3.8) is 0 Å². The maximum Gasteiger partial charge on any atom is 0.322 e. The van der Waals surface area contributed by atoms with E-state index in [-0.39, 0.29) is 27.8 Å². The number of hydrogen-bond acceptors (Lipinski definition) is 6. The van der Waals surface area contributed by atoms with Crippen molar-refractivity contribution in [2.24, 2.45) is 0 Å². The Morgan fingerprint density at radius 2 is 1.64 bits per heavy atom. The van der Waals surface area contributed by atoms with Crippen molar-refractivity contribution in [2.75, 3.05) is 19.6 Å². The molecule has 1 atom stereocenters. The van der Waals surface area contributed by atoms with Crippen molar-refractivity contribution in [2.45, 2.75) is 22.3 Å². The third-order valence-electron chi connectivity index (χ3n) is 5.20. The highest BCUT2D eigenvalue weighted by molar-refractivity contribution is 7.91. The number of amides is 1. The van der Waals surface area contributed by atoms with Gasteiger partial charge in [-0.2, -0.15) is 0 Å². The van der Waals surface area contributed by atoms with E-state index in [0.717, 1.165) is 11.1 Å². The number of hydrogen-bond donors (Lipinski definition) is 4. The quantitative estimate of drug-likeness (QED) is 0.268. The summed E-state index contributed by atoms with van der Waals surface area (Å²) in [7, 11) is -3.87. The average molecular weight is 553 g/mol. The summed E-state index contributed by atoms with van der Waals surface area (Å²) in [5.74, 6) is -1.87. The van der Waals surface area contributed by atoms with E-state index >= 15 is 0 Å². The zero-order valence-electron chi connectivity index (χ0n) is 19.1. The molecule has 11 heteroatoms. The van der Waals surface area contributed by atoms with Gasteiger partial charge in [0.25, 0.3) is 5.91 Å². The highest BCUT2D eigenvalue weighted by Gasteiger charge is 2.19. The first-order valence-electron chi connectivity index (χ1n) is 10.7. The standard InChI is InChI=1S/C25H25ClN2O6S.ClH/c26-20-5-1-3-18(13-20)23(29)15-27-12-11-17-7-9-21(10-8-17)35(33,34)22-6-2-4-19(14-22)25(32)28-16-24(30)31;/h1-10,13-14,23,27,29H,11-12,15-16H2,(H,28,32)(H,30,31);1H/t23-;/m1./s1. The fourth-order valence-electron chi connectivity index (χ4n) is 3.34. The first-order valence-corrected chi connectivity index (χ1v) is 12.6. The Labute approximate surface area is 220 Å². The highest BCUT2D eigenvalue weighted by Crippen LogP contribution is 2.22. The number of carboxylic acids is 1. The summed E-state index contributed by atoms with van der Waals surface area (Å²) in [5.41, 5.74) is 1.69. The monoisotopic (exact) mass is 552 g/mol. The van der Waals surface area contributed by atoms with Gasteiger partial charge in [-0.25, -0.2) is 8.42 Å². The fourth-order valence-corrected chi connectivity index (χ4v) is 4.84.